The smallest absolute Gasteiger partial charge is 0.339 e. The summed E-state index contributed by atoms with van der Waals surface area (Å²) >= 11 is 0. The number of hydrogen-bond donors (Lipinski definition) is 2. The van der Waals surface area contributed by atoms with Gasteiger partial charge in [-0.2, -0.15) is 0 Å². The minimum Gasteiger partial charge on any atom is -0.478 e. The fourth-order valence-corrected chi connectivity index (χ4v) is 3.67. The highest BCUT2D eigenvalue weighted by atomic mass is 16.4. The number of aryl methyl sites for hydroxylation is 2. The third-order valence-corrected chi connectivity index (χ3v) is 5.37. The third kappa shape index (κ3) is 4.34. The summed E-state index contributed by atoms with van der Waals surface area (Å²) in [5.74, 6) is -1.45. The zero-order chi connectivity index (χ0) is 21.1. The van der Waals surface area contributed by atoms with E-state index in [-0.39, 0.29) is 29.0 Å². The Morgan fingerprint density at radius 1 is 1.24 bits per heavy atom. The van der Waals surface area contributed by atoms with Gasteiger partial charge in [0.15, 0.2) is 5.76 Å². The Hall–Kier alpha value is -3.09. The van der Waals surface area contributed by atoms with Crippen LogP contribution >= 0.6 is 0 Å². The van der Waals surface area contributed by atoms with E-state index in [1.165, 1.54) is 6.07 Å². The molecule has 1 fully saturated rings. The number of carboxylic acid groups (broad SMARTS) is 1. The van der Waals surface area contributed by atoms with Crippen LogP contribution in [0.4, 0.5) is 5.69 Å². The predicted octanol–water partition coefficient (Wildman–Crippen LogP) is 4.12. The van der Waals surface area contributed by atoms with Crippen molar-refractivity contribution < 1.29 is 23.9 Å². The molecule has 7 nitrogen and oxygen atoms in total. The first-order valence-corrected chi connectivity index (χ1v) is 9.90. The van der Waals surface area contributed by atoms with E-state index in [9.17, 15) is 19.5 Å². The maximum absolute atomic E-state index is 12.8. The van der Waals surface area contributed by atoms with E-state index in [0.717, 1.165) is 31.4 Å². The highest BCUT2D eigenvalue weighted by Crippen LogP contribution is 2.23. The van der Waals surface area contributed by atoms with E-state index in [4.69, 9.17) is 4.42 Å². The number of amides is 2. The molecular weight excluding hydrogens is 372 g/mol. The zero-order valence-electron chi connectivity index (χ0n) is 16.9. The molecule has 1 unspecified atom stereocenters. The summed E-state index contributed by atoms with van der Waals surface area (Å²) < 4.78 is 5.40. The van der Waals surface area contributed by atoms with E-state index < -0.39 is 11.9 Å². The second-order valence-corrected chi connectivity index (χ2v) is 7.43. The molecule has 2 aromatic rings. The quantitative estimate of drug-likeness (QED) is 0.789. The Bertz CT molecular complexity index is 947. The van der Waals surface area contributed by atoms with Crippen LogP contribution in [0.25, 0.3) is 0 Å². The molecule has 1 saturated heterocycles. The Morgan fingerprint density at radius 3 is 2.59 bits per heavy atom. The van der Waals surface area contributed by atoms with Crippen LogP contribution in [0, 0.1) is 6.92 Å². The predicted molar refractivity (Wildman–Crippen MR) is 109 cm³/mol. The lowest BCUT2D eigenvalue weighted by Crippen LogP contribution is -2.42. The van der Waals surface area contributed by atoms with Crippen molar-refractivity contribution in [3.05, 3.63) is 52.5 Å². The van der Waals surface area contributed by atoms with Gasteiger partial charge in [-0.15, -0.1) is 0 Å². The highest BCUT2D eigenvalue weighted by molar-refractivity contribution is 6.05. The Labute approximate surface area is 169 Å². The molecular formula is C22H26N2O5. The van der Waals surface area contributed by atoms with E-state index in [1.807, 2.05) is 11.8 Å². The van der Waals surface area contributed by atoms with Crippen molar-refractivity contribution in [3.63, 3.8) is 0 Å². The maximum atomic E-state index is 12.8. The molecule has 1 aliphatic rings. The number of furan rings is 1. The van der Waals surface area contributed by atoms with Gasteiger partial charge in [-0.3, -0.25) is 9.59 Å². The molecule has 3 rings (SSSR count). The van der Waals surface area contributed by atoms with Gasteiger partial charge in [0.25, 0.3) is 11.8 Å². The van der Waals surface area contributed by atoms with Gasteiger partial charge < -0.3 is 19.7 Å². The maximum Gasteiger partial charge on any atom is 0.339 e. The van der Waals surface area contributed by atoms with Crippen molar-refractivity contribution in [2.45, 2.75) is 52.5 Å². The molecule has 0 spiro atoms. The van der Waals surface area contributed by atoms with Crippen LogP contribution in [0.2, 0.25) is 0 Å². The van der Waals surface area contributed by atoms with Crippen LogP contribution in [0.1, 0.15) is 75.7 Å². The summed E-state index contributed by atoms with van der Waals surface area (Å²) in [6.45, 7) is 6.41. The third-order valence-electron chi connectivity index (χ3n) is 5.37. The summed E-state index contributed by atoms with van der Waals surface area (Å²) in [6.07, 6.45) is 3.55. The van der Waals surface area contributed by atoms with E-state index in [1.54, 1.807) is 25.1 Å². The van der Waals surface area contributed by atoms with Gasteiger partial charge in [-0.1, -0.05) is 6.92 Å². The largest absolute Gasteiger partial charge is 0.478 e. The number of anilines is 1. The molecule has 154 valence electrons. The number of hydrogen-bond acceptors (Lipinski definition) is 4. The number of likely N-dealkylation sites (tertiary alicyclic amines) is 1. The molecule has 0 saturated carbocycles. The van der Waals surface area contributed by atoms with E-state index >= 15 is 0 Å². The molecule has 1 aromatic carbocycles. The van der Waals surface area contributed by atoms with Crippen LogP contribution < -0.4 is 5.32 Å². The molecule has 0 radical (unpaired) electrons. The monoisotopic (exact) mass is 398 g/mol. The molecule has 0 bridgehead atoms. The SMILES string of the molecule is CCc1oc(C(=O)Nc2ccc(C(=O)N3CCCCC3C)cc2C)cc1C(=O)O. The summed E-state index contributed by atoms with van der Waals surface area (Å²) in [7, 11) is 0. The Morgan fingerprint density at radius 2 is 2.00 bits per heavy atom. The second kappa shape index (κ2) is 8.51. The van der Waals surface area contributed by atoms with Gasteiger partial charge in [0.05, 0.1) is 0 Å². The molecule has 0 aliphatic carbocycles. The van der Waals surface area contributed by atoms with Gasteiger partial charge in [-0.05, 0) is 56.9 Å². The first-order valence-electron chi connectivity index (χ1n) is 9.90. The van der Waals surface area contributed by atoms with Gasteiger partial charge in [0.2, 0.25) is 0 Å². The average Bonchev–Trinajstić information content (AvgIpc) is 3.14. The van der Waals surface area contributed by atoms with Gasteiger partial charge >= 0.3 is 5.97 Å². The fraction of sp³-hybridized carbons (Fsp3) is 0.409. The lowest BCUT2D eigenvalue weighted by atomic mass is 10.0. The molecule has 2 amide bonds. The first kappa shape index (κ1) is 20.6. The number of carboxylic acids is 1. The molecule has 29 heavy (non-hydrogen) atoms. The number of nitrogens with zero attached hydrogens (tertiary/aromatic N) is 1. The summed E-state index contributed by atoms with van der Waals surface area (Å²) in [5.41, 5.74) is 1.87. The number of piperidine rings is 1. The minimum absolute atomic E-state index is 0.00268. The van der Waals surface area contributed by atoms with Gasteiger partial charge in [0.1, 0.15) is 11.3 Å². The standard InChI is InChI=1S/C22H26N2O5/c1-4-18-16(22(27)28)12-19(29-18)20(25)23-17-9-8-15(11-13(17)2)21(26)24-10-6-5-7-14(24)3/h8-9,11-12,14H,4-7,10H2,1-3H3,(H,23,25)(H,27,28). The van der Waals surface area contributed by atoms with Crippen molar-refractivity contribution >= 4 is 23.5 Å². The van der Waals surface area contributed by atoms with Crippen molar-refractivity contribution in [1.82, 2.24) is 4.90 Å². The van der Waals surface area contributed by atoms with Crippen molar-refractivity contribution in [2.75, 3.05) is 11.9 Å². The molecule has 1 aliphatic heterocycles. The van der Waals surface area contributed by atoms with Crippen molar-refractivity contribution in [1.29, 1.82) is 0 Å². The Balaban J connectivity index is 1.76. The lowest BCUT2D eigenvalue weighted by Gasteiger charge is -2.33. The lowest BCUT2D eigenvalue weighted by molar-refractivity contribution is 0.0634. The van der Waals surface area contributed by atoms with E-state index in [0.29, 0.717) is 17.7 Å². The van der Waals surface area contributed by atoms with Gasteiger partial charge in [-0.25, -0.2) is 4.79 Å². The number of nitrogens with one attached hydrogen (secondary N) is 1. The van der Waals surface area contributed by atoms with Gasteiger partial charge in [0, 0.05) is 36.3 Å². The highest BCUT2D eigenvalue weighted by Gasteiger charge is 2.25. The minimum atomic E-state index is -1.13. The number of benzene rings is 1. The Kier molecular flexibility index (Phi) is 6.06. The second-order valence-electron chi connectivity index (χ2n) is 7.43. The number of carbonyl (C=O) groups is 3. The summed E-state index contributed by atoms with van der Waals surface area (Å²) in [5, 5.41) is 11.9. The van der Waals surface area contributed by atoms with Crippen LogP contribution in [-0.4, -0.2) is 40.4 Å². The van der Waals surface area contributed by atoms with Crippen LogP contribution in [0.3, 0.4) is 0 Å². The average molecular weight is 398 g/mol. The summed E-state index contributed by atoms with van der Waals surface area (Å²) in [4.78, 5) is 38.5. The summed E-state index contributed by atoms with van der Waals surface area (Å²) in [6, 6.07) is 6.63. The molecule has 1 atom stereocenters. The van der Waals surface area contributed by atoms with Crippen LogP contribution in [-0.2, 0) is 6.42 Å². The van der Waals surface area contributed by atoms with Crippen LogP contribution in [0.5, 0.6) is 0 Å². The van der Waals surface area contributed by atoms with E-state index in [2.05, 4.69) is 12.2 Å². The molecule has 7 heteroatoms. The molecule has 2 N–H and O–H groups in total. The van der Waals surface area contributed by atoms with Crippen molar-refractivity contribution in [2.24, 2.45) is 0 Å². The van der Waals surface area contributed by atoms with Crippen LogP contribution in [0.15, 0.2) is 28.7 Å². The molecule has 1 aromatic heterocycles. The zero-order valence-corrected chi connectivity index (χ0v) is 16.9. The first-order chi connectivity index (χ1) is 13.8. The number of carbonyl (C=O) groups excluding carboxylic acids is 2. The van der Waals surface area contributed by atoms with Crippen molar-refractivity contribution in [3.8, 4) is 0 Å². The normalized spacial score (nSPS) is 16.5. The molecule has 2 heterocycles. The number of rotatable bonds is 5. The topological polar surface area (TPSA) is 99.9 Å². The number of aromatic carboxylic acids is 1. The fourth-order valence-electron chi connectivity index (χ4n) is 3.67.